The van der Waals surface area contributed by atoms with Gasteiger partial charge in [0.05, 0.1) is 17.1 Å². The van der Waals surface area contributed by atoms with E-state index >= 15 is 0 Å². The predicted octanol–water partition coefficient (Wildman–Crippen LogP) is 3.70. The average molecular weight is 369 g/mol. The lowest BCUT2D eigenvalue weighted by Gasteiger charge is -2.33. The summed E-state index contributed by atoms with van der Waals surface area (Å²) in [6.07, 6.45) is 0.553. The number of sulfonamides is 1. The second-order valence-electron chi connectivity index (χ2n) is 7.18. The van der Waals surface area contributed by atoms with Gasteiger partial charge in [0.2, 0.25) is 10.0 Å². The van der Waals surface area contributed by atoms with Crippen molar-refractivity contribution in [2.24, 2.45) is 5.92 Å². The van der Waals surface area contributed by atoms with E-state index in [1.54, 1.807) is 16.4 Å². The standard InChI is InChI=1S/C21H23NO3S/c1-15-8-10-18(11-9-15)26(23,24)22-13-19-16(2)12-20(25-21(19)14-22)17-6-4-3-5-7-17/h3-11,19-21H,2,12-14H2,1H3/t19-,20-,21-/m1/s1. The number of hydrogen-bond acceptors (Lipinski definition) is 3. The summed E-state index contributed by atoms with van der Waals surface area (Å²) in [6.45, 7) is 7.00. The minimum atomic E-state index is -3.51. The summed E-state index contributed by atoms with van der Waals surface area (Å²) in [5, 5.41) is 0. The van der Waals surface area contributed by atoms with E-state index in [4.69, 9.17) is 4.74 Å². The Morgan fingerprint density at radius 2 is 1.73 bits per heavy atom. The topological polar surface area (TPSA) is 46.6 Å². The molecule has 26 heavy (non-hydrogen) atoms. The van der Waals surface area contributed by atoms with Crippen LogP contribution in [0.2, 0.25) is 0 Å². The summed E-state index contributed by atoms with van der Waals surface area (Å²) >= 11 is 0. The van der Waals surface area contributed by atoms with E-state index in [0.29, 0.717) is 18.0 Å². The predicted molar refractivity (Wildman–Crippen MR) is 101 cm³/mol. The van der Waals surface area contributed by atoms with Crippen LogP contribution in [0.5, 0.6) is 0 Å². The Balaban J connectivity index is 1.55. The smallest absolute Gasteiger partial charge is 0.243 e. The normalized spacial score (nSPS) is 26.7. The molecule has 3 atom stereocenters. The van der Waals surface area contributed by atoms with Gasteiger partial charge in [0.1, 0.15) is 0 Å². The van der Waals surface area contributed by atoms with Crippen LogP contribution < -0.4 is 0 Å². The Bertz CT molecular complexity index is 906. The molecule has 0 bridgehead atoms. The number of nitrogens with zero attached hydrogens (tertiary/aromatic N) is 1. The summed E-state index contributed by atoms with van der Waals surface area (Å²) in [6, 6.07) is 17.1. The quantitative estimate of drug-likeness (QED) is 0.775. The third-order valence-corrected chi connectivity index (χ3v) is 7.22. The van der Waals surface area contributed by atoms with E-state index < -0.39 is 10.0 Å². The summed E-state index contributed by atoms with van der Waals surface area (Å²) < 4.78 is 33.8. The number of benzene rings is 2. The SMILES string of the molecule is C=C1C[C@H](c2ccccc2)O[C@@H]2CN(S(=O)(=O)c3ccc(C)cc3)C[C@H]12. The highest BCUT2D eigenvalue weighted by Gasteiger charge is 2.45. The fourth-order valence-electron chi connectivity index (χ4n) is 3.84. The molecule has 0 N–H and O–H groups in total. The Hall–Kier alpha value is -1.95. The Morgan fingerprint density at radius 1 is 1.04 bits per heavy atom. The van der Waals surface area contributed by atoms with E-state index in [2.05, 4.69) is 6.58 Å². The van der Waals surface area contributed by atoms with Crippen molar-refractivity contribution >= 4 is 10.0 Å². The van der Waals surface area contributed by atoms with E-state index in [0.717, 1.165) is 23.1 Å². The number of aryl methyl sites for hydroxylation is 1. The molecule has 2 aromatic rings. The molecule has 2 aliphatic rings. The zero-order valence-electron chi connectivity index (χ0n) is 14.8. The van der Waals surface area contributed by atoms with E-state index in [-0.39, 0.29) is 18.1 Å². The fourth-order valence-corrected chi connectivity index (χ4v) is 5.32. The van der Waals surface area contributed by atoms with Gasteiger partial charge >= 0.3 is 0 Å². The molecular weight excluding hydrogens is 346 g/mol. The average Bonchev–Trinajstić information content (AvgIpc) is 3.08. The molecule has 2 aliphatic heterocycles. The van der Waals surface area contributed by atoms with E-state index in [1.165, 1.54) is 0 Å². The van der Waals surface area contributed by atoms with Crippen molar-refractivity contribution in [3.05, 3.63) is 77.9 Å². The van der Waals surface area contributed by atoms with Gasteiger partial charge in [0, 0.05) is 19.0 Å². The molecule has 0 aromatic heterocycles. The lowest BCUT2D eigenvalue weighted by molar-refractivity contribution is -0.0421. The molecule has 4 rings (SSSR count). The zero-order valence-corrected chi connectivity index (χ0v) is 15.7. The van der Waals surface area contributed by atoms with Crippen LogP contribution in [-0.2, 0) is 14.8 Å². The molecule has 2 fully saturated rings. The Morgan fingerprint density at radius 3 is 2.42 bits per heavy atom. The van der Waals surface area contributed by atoms with Crippen molar-refractivity contribution < 1.29 is 13.2 Å². The van der Waals surface area contributed by atoms with Crippen LogP contribution in [0, 0.1) is 12.8 Å². The third-order valence-electron chi connectivity index (χ3n) is 5.37. The summed E-state index contributed by atoms with van der Waals surface area (Å²) in [5.41, 5.74) is 3.24. The largest absolute Gasteiger partial charge is 0.368 e. The maximum Gasteiger partial charge on any atom is 0.243 e. The molecule has 0 aliphatic carbocycles. The first-order valence-corrected chi connectivity index (χ1v) is 10.3. The van der Waals surface area contributed by atoms with E-state index in [9.17, 15) is 8.42 Å². The summed E-state index contributed by atoms with van der Waals surface area (Å²) in [4.78, 5) is 0.340. The fraction of sp³-hybridized carbons (Fsp3) is 0.333. The van der Waals surface area contributed by atoms with Crippen LogP contribution in [0.15, 0.2) is 71.6 Å². The van der Waals surface area contributed by atoms with Gasteiger partial charge in [-0.15, -0.1) is 0 Å². The van der Waals surface area contributed by atoms with Crippen LogP contribution in [0.3, 0.4) is 0 Å². The van der Waals surface area contributed by atoms with Crippen LogP contribution in [-0.4, -0.2) is 31.9 Å². The van der Waals surface area contributed by atoms with Crippen LogP contribution in [0.25, 0.3) is 0 Å². The van der Waals surface area contributed by atoms with Gasteiger partial charge in [-0.2, -0.15) is 4.31 Å². The molecule has 0 spiro atoms. The van der Waals surface area contributed by atoms with Crippen LogP contribution in [0.4, 0.5) is 0 Å². The van der Waals surface area contributed by atoms with Crippen molar-refractivity contribution in [1.82, 2.24) is 4.31 Å². The second kappa shape index (κ2) is 6.65. The molecule has 0 saturated carbocycles. The van der Waals surface area contributed by atoms with Crippen LogP contribution in [0.1, 0.15) is 23.7 Å². The highest BCUT2D eigenvalue weighted by atomic mass is 32.2. The lowest BCUT2D eigenvalue weighted by Crippen LogP contribution is -2.32. The van der Waals surface area contributed by atoms with Gasteiger partial charge < -0.3 is 4.74 Å². The molecule has 0 radical (unpaired) electrons. The van der Waals surface area contributed by atoms with Crippen LogP contribution >= 0.6 is 0 Å². The first-order valence-electron chi connectivity index (χ1n) is 8.90. The molecule has 5 heteroatoms. The Labute approximate surface area is 155 Å². The monoisotopic (exact) mass is 369 g/mol. The van der Waals surface area contributed by atoms with E-state index in [1.807, 2.05) is 49.4 Å². The first-order chi connectivity index (χ1) is 12.4. The number of hydrogen-bond donors (Lipinski definition) is 0. The molecular formula is C21H23NO3S. The van der Waals surface area contributed by atoms with Gasteiger partial charge in [-0.3, -0.25) is 0 Å². The summed E-state index contributed by atoms with van der Waals surface area (Å²) in [7, 11) is -3.51. The van der Waals surface area contributed by atoms with Gasteiger partial charge in [-0.25, -0.2) is 8.42 Å². The minimum absolute atomic E-state index is 0.0491. The van der Waals surface area contributed by atoms with Gasteiger partial charge in [-0.05, 0) is 31.0 Å². The molecule has 0 unspecified atom stereocenters. The molecule has 0 amide bonds. The minimum Gasteiger partial charge on any atom is -0.368 e. The molecule has 2 heterocycles. The lowest BCUT2D eigenvalue weighted by atomic mass is 9.87. The molecule has 4 nitrogen and oxygen atoms in total. The molecule has 136 valence electrons. The van der Waals surface area contributed by atoms with Crippen molar-refractivity contribution in [2.75, 3.05) is 13.1 Å². The van der Waals surface area contributed by atoms with Gasteiger partial charge in [0.25, 0.3) is 0 Å². The number of rotatable bonds is 3. The molecule has 2 saturated heterocycles. The highest BCUT2D eigenvalue weighted by Crippen LogP contribution is 2.42. The van der Waals surface area contributed by atoms with Crippen molar-refractivity contribution in [1.29, 1.82) is 0 Å². The highest BCUT2D eigenvalue weighted by molar-refractivity contribution is 7.89. The maximum atomic E-state index is 13.0. The zero-order chi connectivity index (χ0) is 18.3. The number of ether oxygens (including phenoxy) is 1. The molecule has 2 aromatic carbocycles. The summed E-state index contributed by atoms with van der Waals surface area (Å²) in [5.74, 6) is 0.0650. The third kappa shape index (κ3) is 3.11. The van der Waals surface area contributed by atoms with Crippen molar-refractivity contribution in [2.45, 2.75) is 30.4 Å². The van der Waals surface area contributed by atoms with Gasteiger partial charge in [0.15, 0.2) is 0 Å². The first kappa shape index (κ1) is 17.5. The van der Waals surface area contributed by atoms with Gasteiger partial charge in [-0.1, -0.05) is 60.2 Å². The Kier molecular flexibility index (Phi) is 4.47. The second-order valence-corrected chi connectivity index (χ2v) is 9.12. The maximum absolute atomic E-state index is 13.0. The van der Waals surface area contributed by atoms with Crippen molar-refractivity contribution in [3.8, 4) is 0 Å². The van der Waals surface area contributed by atoms with Crippen molar-refractivity contribution in [3.63, 3.8) is 0 Å². The number of fused-ring (bicyclic) bond motifs is 1.